The molecule has 0 saturated carbocycles. The molecule has 1 aromatic rings. The maximum Gasteiger partial charge on any atom is 0.411 e. The smallest absolute Gasteiger partial charge is 0.364 e. The predicted octanol–water partition coefficient (Wildman–Crippen LogP) is 2.99. The van der Waals surface area contributed by atoms with Gasteiger partial charge in [-0.05, 0) is 30.5 Å². The summed E-state index contributed by atoms with van der Waals surface area (Å²) < 4.78 is 39.7. The van der Waals surface area contributed by atoms with Crippen LogP contribution in [0.15, 0.2) is 18.2 Å². The minimum absolute atomic E-state index is 0.0962. The molecule has 1 rings (SSSR count). The van der Waals surface area contributed by atoms with Crippen molar-refractivity contribution in [2.45, 2.75) is 26.4 Å². The number of carbonyl (C=O) groups is 1. The zero-order valence-corrected chi connectivity index (χ0v) is 10.3. The summed E-state index contributed by atoms with van der Waals surface area (Å²) >= 11 is 0. The van der Waals surface area contributed by atoms with Crippen molar-refractivity contribution < 1.29 is 22.7 Å². The van der Waals surface area contributed by atoms with Gasteiger partial charge in [0.05, 0.1) is 0 Å². The van der Waals surface area contributed by atoms with Crippen molar-refractivity contribution in [2.75, 3.05) is 13.2 Å². The van der Waals surface area contributed by atoms with E-state index in [-0.39, 0.29) is 12.2 Å². The standard InChI is InChI=1S/C13H15F3O2/c1-9-3-4-11(5-10(9)2)6-12(17)7-18-8-13(14,15)16/h3-5H,6-8H2,1-2H3. The van der Waals surface area contributed by atoms with Crippen LogP contribution in [0.1, 0.15) is 16.7 Å². The molecule has 18 heavy (non-hydrogen) atoms. The first-order valence-electron chi connectivity index (χ1n) is 5.50. The van der Waals surface area contributed by atoms with Crippen molar-refractivity contribution in [1.29, 1.82) is 0 Å². The van der Waals surface area contributed by atoms with Crippen molar-refractivity contribution >= 4 is 5.78 Å². The van der Waals surface area contributed by atoms with E-state index >= 15 is 0 Å². The number of carbonyl (C=O) groups excluding carboxylic acids is 1. The fourth-order valence-corrected chi connectivity index (χ4v) is 1.47. The van der Waals surface area contributed by atoms with Crippen LogP contribution in [-0.2, 0) is 16.0 Å². The molecule has 0 atom stereocenters. The van der Waals surface area contributed by atoms with Crippen LogP contribution in [0.2, 0.25) is 0 Å². The van der Waals surface area contributed by atoms with Gasteiger partial charge in [-0.15, -0.1) is 0 Å². The maximum absolute atomic E-state index is 11.8. The molecule has 0 N–H and O–H groups in total. The van der Waals surface area contributed by atoms with Crippen LogP contribution in [0.5, 0.6) is 0 Å². The molecule has 0 bridgehead atoms. The highest BCUT2D eigenvalue weighted by atomic mass is 19.4. The van der Waals surface area contributed by atoms with Gasteiger partial charge in [0.25, 0.3) is 0 Å². The number of rotatable bonds is 5. The second kappa shape index (κ2) is 6.00. The summed E-state index contributed by atoms with van der Waals surface area (Å²) in [5.41, 5.74) is 2.95. The van der Waals surface area contributed by atoms with E-state index in [0.717, 1.165) is 16.7 Å². The van der Waals surface area contributed by atoms with Gasteiger partial charge in [0.1, 0.15) is 13.2 Å². The molecule has 0 heterocycles. The minimum Gasteiger partial charge on any atom is -0.364 e. The van der Waals surface area contributed by atoms with Crippen LogP contribution < -0.4 is 0 Å². The van der Waals surface area contributed by atoms with E-state index in [0.29, 0.717) is 0 Å². The highest BCUT2D eigenvalue weighted by Crippen LogP contribution is 2.14. The van der Waals surface area contributed by atoms with E-state index < -0.39 is 19.4 Å². The van der Waals surface area contributed by atoms with Gasteiger partial charge in [0.2, 0.25) is 0 Å². The zero-order valence-electron chi connectivity index (χ0n) is 10.3. The Morgan fingerprint density at radius 2 is 1.89 bits per heavy atom. The van der Waals surface area contributed by atoms with Crippen LogP contribution in [-0.4, -0.2) is 25.2 Å². The van der Waals surface area contributed by atoms with Gasteiger partial charge in [-0.2, -0.15) is 13.2 Å². The van der Waals surface area contributed by atoms with Gasteiger partial charge >= 0.3 is 6.18 Å². The Morgan fingerprint density at radius 3 is 2.44 bits per heavy atom. The summed E-state index contributed by atoms with van der Waals surface area (Å²) in [7, 11) is 0. The highest BCUT2D eigenvalue weighted by Gasteiger charge is 2.27. The molecule has 0 fully saturated rings. The molecule has 0 radical (unpaired) electrons. The lowest BCUT2D eigenvalue weighted by molar-refractivity contribution is -0.175. The van der Waals surface area contributed by atoms with E-state index in [9.17, 15) is 18.0 Å². The number of hydrogen-bond donors (Lipinski definition) is 0. The predicted molar refractivity (Wildman–Crippen MR) is 61.5 cm³/mol. The number of ether oxygens (including phenoxy) is 1. The number of hydrogen-bond acceptors (Lipinski definition) is 2. The number of benzene rings is 1. The largest absolute Gasteiger partial charge is 0.411 e. The summed E-state index contributed by atoms with van der Waals surface area (Å²) in [5.74, 6) is -0.359. The molecular formula is C13H15F3O2. The van der Waals surface area contributed by atoms with E-state index in [1.807, 2.05) is 26.0 Å². The Kier molecular flexibility index (Phi) is 4.90. The summed E-state index contributed by atoms with van der Waals surface area (Å²) in [5, 5.41) is 0. The van der Waals surface area contributed by atoms with Gasteiger partial charge in [-0.3, -0.25) is 4.79 Å². The molecule has 1 aromatic carbocycles. The molecular weight excluding hydrogens is 245 g/mol. The Morgan fingerprint density at radius 1 is 1.22 bits per heavy atom. The lowest BCUT2D eigenvalue weighted by Gasteiger charge is -2.07. The monoisotopic (exact) mass is 260 g/mol. The topological polar surface area (TPSA) is 26.3 Å². The molecule has 5 heteroatoms. The summed E-state index contributed by atoms with van der Waals surface area (Å²) in [6.07, 6.45) is -4.29. The molecule has 2 nitrogen and oxygen atoms in total. The van der Waals surface area contributed by atoms with Gasteiger partial charge in [-0.1, -0.05) is 18.2 Å². The van der Waals surface area contributed by atoms with E-state index in [4.69, 9.17) is 0 Å². The second-order valence-electron chi connectivity index (χ2n) is 4.24. The number of Topliss-reactive ketones (excluding diaryl/α,β-unsaturated/α-hetero) is 1. The molecule has 0 spiro atoms. The fraction of sp³-hybridized carbons (Fsp3) is 0.462. The lowest BCUT2D eigenvalue weighted by Crippen LogP contribution is -2.21. The average Bonchev–Trinajstić information content (AvgIpc) is 2.21. The van der Waals surface area contributed by atoms with E-state index in [1.54, 1.807) is 6.07 Å². The first-order chi connectivity index (χ1) is 8.28. The van der Waals surface area contributed by atoms with Gasteiger partial charge in [0, 0.05) is 6.42 Å². The summed E-state index contributed by atoms with van der Waals surface area (Å²) in [6, 6.07) is 5.54. The molecule has 0 aliphatic heterocycles. The zero-order chi connectivity index (χ0) is 13.8. The van der Waals surface area contributed by atoms with E-state index in [2.05, 4.69) is 4.74 Å². The quantitative estimate of drug-likeness (QED) is 0.813. The number of aryl methyl sites for hydroxylation is 2. The third kappa shape index (κ3) is 5.31. The van der Waals surface area contributed by atoms with Crippen molar-refractivity contribution in [1.82, 2.24) is 0 Å². The van der Waals surface area contributed by atoms with Gasteiger partial charge in [-0.25, -0.2) is 0 Å². The normalized spacial score (nSPS) is 11.6. The summed E-state index contributed by atoms with van der Waals surface area (Å²) in [4.78, 5) is 11.4. The van der Waals surface area contributed by atoms with Crippen LogP contribution >= 0.6 is 0 Å². The number of halogens is 3. The molecule has 0 aliphatic carbocycles. The first kappa shape index (κ1) is 14.7. The maximum atomic E-state index is 11.8. The van der Waals surface area contributed by atoms with Crippen molar-refractivity contribution in [3.8, 4) is 0 Å². The lowest BCUT2D eigenvalue weighted by atomic mass is 10.0. The highest BCUT2D eigenvalue weighted by molar-refractivity contribution is 5.82. The van der Waals surface area contributed by atoms with Crippen LogP contribution in [0, 0.1) is 13.8 Å². The number of alkyl halides is 3. The Hall–Kier alpha value is -1.36. The third-order valence-corrected chi connectivity index (χ3v) is 2.50. The van der Waals surface area contributed by atoms with Crippen LogP contribution in [0.25, 0.3) is 0 Å². The molecule has 0 aromatic heterocycles. The van der Waals surface area contributed by atoms with Gasteiger partial charge in [0.15, 0.2) is 5.78 Å². The molecule has 0 unspecified atom stereocenters. The summed E-state index contributed by atoms with van der Waals surface area (Å²) in [6.45, 7) is 1.98. The fourth-order valence-electron chi connectivity index (χ4n) is 1.47. The van der Waals surface area contributed by atoms with Gasteiger partial charge < -0.3 is 4.74 Å². The minimum atomic E-state index is -4.39. The molecule has 0 saturated heterocycles. The van der Waals surface area contributed by atoms with E-state index in [1.165, 1.54) is 0 Å². The van der Waals surface area contributed by atoms with Crippen LogP contribution in [0.4, 0.5) is 13.2 Å². The Bertz CT molecular complexity index is 425. The van der Waals surface area contributed by atoms with Crippen molar-refractivity contribution in [3.63, 3.8) is 0 Å². The van der Waals surface area contributed by atoms with Crippen molar-refractivity contribution in [2.24, 2.45) is 0 Å². The van der Waals surface area contributed by atoms with Crippen LogP contribution in [0.3, 0.4) is 0 Å². The second-order valence-corrected chi connectivity index (χ2v) is 4.24. The molecule has 0 amide bonds. The Labute approximate surface area is 104 Å². The third-order valence-electron chi connectivity index (χ3n) is 2.50. The average molecular weight is 260 g/mol. The Balaban J connectivity index is 2.42. The first-order valence-corrected chi connectivity index (χ1v) is 5.50. The molecule has 0 aliphatic rings. The molecule has 100 valence electrons. The van der Waals surface area contributed by atoms with Crippen molar-refractivity contribution in [3.05, 3.63) is 34.9 Å². The SMILES string of the molecule is Cc1ccc(CC(=O)COCC(F)(F)F)cc1C. The number of ketones is 1.